The molecular formula is C17H21F2N7O3S. The van der Waals surface area contributed by atoms with Crippen LogP contribution in [0, 0.1) is 0 Å². The third kappa shape index (κ3) is 4.07. The van der Waals surface area contributed by atoms with Crippen LogP contribution in [0.4, 0.5) is 20.3 Å². The fourth-order valence-electron chi connectivity index (χ4n) is 3.28. The van der Waals surface area contributed by atoms with E-state index in [-0.39, 0.29) is 28.6 Å². The molecule has 0 amide bonds. The minimum atomic E-state index is -3.10. The molecule has 1 N–H and O–H groups in total. The van der Waals surface area contributed by atoms with Crippen molar-refractivity contribution < 1.29 is 22.5 Å². The Hall–Kier alpha value is -2.80. The van der Waals surface area contributed by atoms with E-state index in [1.807, 2.05) is 11.8 Å². The number of nitrogens with one attached hydrogen (secondary N) is 1. The van der Waals surface area contributed by atoms with Crippen LogP contribution in [0.25, 0.3) is 16.9 Å². The molecule has 0 radical (unpaired) electrons. The molecule has 4 rings (SSSR count). The predicted molar refractivity (Wildman–Crippen MR) is 107 cm³/mol. The summed E-state index contributed by atoms with van der Waals surface area (Å²) < 4.78 is 54.3. The number of nitrogens with zero attached hydrogens (tertiary/aromatic N) is 6. The fourth-order valence-corrected chi connectivity index (χ4v) is 3.89. The lowest BCUT2D eigenvalue weighted by Gasteiger charge is -2.34. The van der Waals surface area contributed by atoms with Crippen molar-refractivity contribution in [1.29, 1.82) is 0 Å². The van der Waals surface area contributed by atoms with E-state index >= 15 is 0 Å². The number of aromatic amines is 1. The summed E-state index contributed by atoms with van der Waals surface area (Å²) in [5, 5.41) is 10.9. The molecule has 13 heteroatoms. The Morgan fingerprint density at radius 2 is 2.23 bits per heavy atom. The van der Waals surface area contributed by atoms with Gasteiger partial charge in [0, 0.05) is 40.9 Å². The van der Waals surface area contributed by atoms with Crippen LogP contribution >= 0.6 is 0 Å². The van der Waals surface area contributed by atoms with Crippen LogP contribution in [-0.2, 0) is 14.5 Å². The summed E-state index contributed by atoms with van der Waals surface area (Å²) in [5.74, 6) is 0.597. The number of hydrogen-bond donors (Lipinski definition) is 1. The van der Waals surface area contributed by atoms with E-state index in [9.17, 15) is 13.0 Å². The molecule has 1 atom stereocenters. The first kappa shape index (κ1) is 20.5. The monoisotopic (exact) mass is 441 g/mol. The molecule has 0 aliphatic carbocycles. The standard InChI is InChI=1S/C17H21F2N7O3S/c1-10-9-28-7-6-25(10)13-8-11(24-30(2,3)27)14-15(21-13)26(12-4-5-20-22-12)23-16(14)29-17(18)19/h4-5,8,10,17H,6-7,9H2,1-3H3,(H,20,22)/t10-/m1/s1. The van der Waals surface area contributed by atoms with Gasteiger partial charge in [-0.15, -0.1) is 5.10 Å². The van der Waals surface area contributed by atoms with Crippen molar-refractivity contribution in [2.75, 3.05) is 37.2 Å². The summed E-state index contributed by atoms with van der Waals surface area (Å²) in [4.78, 5) is 6.69. The number of pyridine rings is 1. The summed E-state index contributed by atoms with van der Waals surface area (Å²) >= 11 is 0. The molecule has 1 aliphatic rings. The summed E-state index contributed by atoms with van der Waals surface area (Å²) in [6, 6.07) is 3.27. The normalized spacial score (nSPS) is 17.7. The lowest BCUT2D eigenvalue weighted by molar-refractivity contribution is -0.0520. The van der Waals surface area contributed by atoms with E-state index in [1.165, 1.54) is 23.4 Å². The van der Waals surface area contributed by atoms with Gasteiger partial charge in [0.15, 0.2) is 11.5 Å². The van der Waals surface area contributed by atoms with Crippen molar-refractivity contribution in [2.45, 2.75) is 19.6 Å². The minimum Gasteiger partial charge on any atom is -0.414 e. The van der Waals surface area contributed by atoms with Gasteiger partial charge in [-0.1, -0.05) is 0 Å². The number of anilines is 1. The van der Waals surface area contributed by atoms with E-state index < -0.39 is 16.3 Å². The van der Waals surface area contributed by atoms with Gasteiger partial charge in [0.1, 0.15) is 11.2 Å². The van der Waals surface area contributed by atoms with Gasteiger partial charge in [-0.25, -0.2) is 9.19 Å². The van der Waals surface area contributed by atoms with E-state index in [0.29, 0.717) is 31.4 Å². The summed E-state index contributed by atoms with van der Waals surface area (Å²) in [6.07, 6.45) is 4.42. The number of rotatable bonds is 5. The van der Waals surface area contributed by atoms with Gasteiger partial charge in [-0.05, 0) is 6.92 Å². The van der Waals surface area contributed by atoms with Gasteiger partial charge in [0.25, 0.3) is 0 Å². The van der Waals surface area contributed by atoms with Crippen molar-refractivity contribution in [1.82, 2.24) is 25.0 Å². The number of aromatic nitrogens is 5. The third-order valence-corrected chi connectivity index (χ3v) is 5.10. The lowest BCUT2D eigenvalue weighted by Crippen LogP contribution is -2.44. The average Bonchev–Trinajstić information content (AvgIpc) is 3.28. The molecule has 10 nitrogen and oxygen atoms in total. The van der Waals surface area contributed by atoms with Crippen LogP contribution in [0.3, 0.4) is 0 Å². The maximum Gasteiger partial charge on any atom is 0.388 e. The summed E-state index contributed by atoms with van der Waals surface area (Å²) in [5.41, 5.74) is 0.443. The van der Waals surface area contributed by atoms with Crippen LogP contribution in [0.1, 0.15) is 6.92 Å². The number of alkyl halides is 2. The Morgan fingerprint density at radius 3 is 2.87 bits per heavy atom. The number of hydrogen-bond acceptors (Lipinski definition) is 8. The number of ether oxygens (including phenoxy) is 2. The molecule has 1 fully saturated rings. The van der Waals surface area contributed by atoms with Crippen LogP contribution in [0.15, 0.2) is 22.7 Å². The highest BCUT2D eigenvalue weighted by Gasteiger charge is 2.26. The summed E-state index contributed by atoms with van der Waals surface area (Å²) in [6.45, 7) is 0.518. The van der Waals surface area contributed by atoms with Crippen molar-refractivity contribution in [2.24, 2.45) is 4.36 Å². The van der Waals surface area contributed by atoms with E-state index in [1.54, 1.807) is 12.1 Å². The Labute approximate surface area is 171 Å². The molecule has 0 aromatic carbocycles. The zero-order chi connectivity index (χ0) is 21.5. The van der Waals surface area contributed by atoms with E-state index in [4.69, 9.17) is 4.74 Å². The summed E-state index contributed by atoms with van der Waals surface area (Å²) in [7, 11) is -2.62. The van der Waals surface area contributed by atoms with Gasteiger partial charge in [-0.2, -0.15) is 22.9 Å². The molecule has 0 saturated carbocycles. The first-order chi connectivity index (χ1) is 14.2. The van der Waals surface area contributed by atoms with Gasteiger partial charge in [0.2, 0.25) is 5.88 Å². The molecule has 162 valence electrons. The van der Waals surface area contributed by atoms with Gasteiger partial charge in [-0.3, -0.25) is 5.10 Å². The maximum absolute atomic E-state index is 13.1. The fraction of sp³-hybridized carbons (Fsp3) is 0.471. The molecule has 30 heavy (non-hydrogen) atoms. The second-order valence-corrected chi connectivity index (χ2v) is 9.67. The number of halogens is 2. The Kier molecular flexibility index (Phi) is 5.32. The average molecular weight is 441 g/mol. The lowest BCUT2D eigenvalue weighted by atomic mass is 10.2. The van der Waals surface area contributed by atoms with Gasteiger partial charge >= 0.3 is 6.61 Å². The van der Waals surface area contributed by atoms with Crippen molar-refractivity contribution in [3.63, 3.8) is 0 Å². The maximum atomic E-state index is 13.1. The van der Waals surface area contributed by atoms with Crippen molar-refractivity contribution in [3.05, 3.63) is 18.3 Å². The van der Waals surface area contributed by atoms with Crippen LogP contribution in [0.2, 0.25) is 0 Å². The SMILES string of the molecule is C[C@@H]1COCCN1c1cc(N=S(C)(C)=O)c2c(OC(F)F)nn(-c3ccn[nH]3)c2n1. The molecular weight excluding hydrogens is 420 g/mol. The quantitative estimate of drug-likeness (QED) is 0.647. The van der Waals surface area contributed by atoms with Crippen LogP contribution in [-0.4, -0.2) is 74.1 Å². The topological polar surface area (TPSA) is 111 Å². The molecule has 1 aliphatic heterocycles. The molecule has 0 unspecified atom stereocenters. The predicted octanol–water partition coefficient (Wildman–Crippen LogP) is 2.33. The van der Waals surface area contributed by atoms with E-state index in [2.05, 4.69) is 29.4 Å². The molecule has 3 aromatic heterocycles. The van der Waals surface area contributed by atoms with E-state index in [0.717, 1.165) is 0 Å². The highest BCUT2D eigenvalue weighted by molar-refractivity contribution is 7.92. The second-order valence-electron chi connectivity index (χ2n) is 7.13. The number of morpholine rings is 1. The Bertz CT molecular complexity index is 1160. The van der Waals surface area contributed by atoms with Crippen LogP contribution in [0.5, 0.6) is 5.88 Å². The number of fused-ring (bicyclic) bond motifs is 1. The zero-order valence-electron chi connectivity index (χ0n) is 16.6. The molecule has 1 saturated heterocycles. The molecule has 4 heterocycles. The molecule has 3 aromatic rings. The first-order valence-corrected chi connectivity index (χ1v) is 11.5. The van der Waals surface area contributed by atoms with Crippen molar-refractivity contribution in [3.8, 4) is 11.7 Å². The Balaban J connectivity index is 2.02. The second kappa shape index (κ2) is 7.80. The molecule has 0 bridgehead atoms. The van der Waals surface area contributed by atoms with Crippen LogP contribution < -0.4 is 9.64 Å². The Morgan fingerprint density at radius 1 is 1.43 bits per heavy atom. The smallest absolute Gasteiger partial charge is 0.388 e. The largest absolute Gasteiger partial charge is 0.414 e. The van der Waals surface area contributed by atoms with Gasteiger partial charge < -0.3 is 14.4 Å². The molecule has 0 spiro atoms. The van der Waals surface area contributed by atoms with Gasteiger partial charge in [0.05, 0.1) is 31.1 Å². The first-order valence-electron chi connectivity index (χ1n) is 9.13. The third-order valence-electron chi connectivity index (χ3n) is 4.47. The number of H-pyrrole nitrogens is 1. The highest BCUT2D eigenvalue weighted by Crippen LogP contribution is 2.38. The zero-order valence-corrected chi connectivity index (χ0v) is 17.4. The van der Waals surface area contributed by atoms with Crippen molar-refractivity contribution >= 4 is 32.3 Å². The minimum absolute atomic E-state index is 0.0319. The highest BCUT2D eigenvalue weighted by atomic mass is 32.2.